The Morgan fingerprint density at radius 1 is 1.00 bits per heavy atom. The predicted molar refractivity (Wildman–Crippen MR) is 81.9 cm³/mol. The molecule has 0 aliphatic rings. The lowest BCUT2D eigenvalue weighted by molar-refractivity contribution is 0.468. The fourth-order valence-electron chi connectivity index (χ4n) is 2.72. The van der Waals surface area contributed by atoms with Crippen molar-refractivity contribution in [1.29, 1.82) is 0 Å². The zero-order valence-corrected chi connectivity index (χ0v) is 13.4. The first-order valence-corrected chi connectivity index (χ1v) is 7.60. The number of hydrogen-bond donors (Lipinski definition) is 1. The molecule has 2 rings (SSSR count). The van der Waals surface area contributed by atoms with Gasteiger partial charge in [-0.3, -0.25) is 0 Å². The molecule has 0 spiro atoms. The topological polar surface area (TPSA) is 25.2 Å². The monoisotopic (exact) mass is 277 g/mol. The average Bonchev–Trinajstić information content (AvgIpc) is 2.81. The third kappa shape index (κ3) is 3.10. The second-order valence-corrected chi connectivity index (χ2v) is 6.81. The molecule has 0 aliphatic carbocycles. The molecule has 1 N–H and O–H groups in total. The minimum atomic E-state index is 0.298. The van der Waals surface area contributed by atoms with Gasteiger partial charge in [0.05, 0.1) is 0 Å². The molecular weight excluding hydrogens is 254 g/mol. The molecule has 0 fully saturated rings. The van der Waals surface area contributed by atoms with E-state index in [-0.39, 0.29) is 0 Å². The van der Waals surface area contributed by atoms with E-state index >= 15 is 0 Å². The summed E-state index contributed by atoms with van der Waals surface area (Å²) in [4.78, 5) is 2.79. The largest absolute Gasteiger partial charge is 0.466 e. The molecule has 2 heterocycles. The summed E-state index contributed by atoms with van der Waals surface area (Å²) >= 11 is 1.87. The maximum Gasteiger partial charge on any atom is 0.105 e. The van der Waals surface area contributed by atoms with E-state index in [1.807, 2.05) is 25.2 Å². The lowest BCUT2D eigenvalue weighted by atomic mass is 10.0. The molecule has 2 unspecified atom stereocenters. The lowest BCUT2D eigenvalue weighted by Crippen LogP contribution is -2.22. The molecule has 0 aliphatic heterocycles. The van der Waals surface area contributed by atoms with Crippen molar-refractivity contribution in [1.82, 2.24) is 5.32 Å². The average molecular weight is 277 g/mol. The van der Waals surface area contributed by atoms with Crippen LogP contribution < -0.4 is 5.32 Å². The minimum absolute atomic E-state index is 0.298. The van der Waals surface area contributed by atoms with Gasteiger partial charge in [0, 0.05) is 27.4 Å². The van der Waals surface area contributed by atoms with Crippen molar-refractivity contribution < 1.29 is 4.42 Å². The first-order valence-electron chi connectivity index (χ1n) is 6.78. The first kappa shape index (κ1) is 14.4. The summed E-state index contributed by atoms with van der Waals surface area (Å²) in [5.41, 5.74) is 2.67. The van der Waals surface area contributed by atoms with Crippen LogP contribution >= 0.6 is 11.3 Å². The van der Waals surface area contributed by atoms with Gasteiger partial charge in [-0.15, -0.1) is 11.3 Å². The van der Waals surface area contributed by atoms with Crippen molar-refractivity contribution >= 4 is 11.3 Å². The van der Waals surface area contributed by atoms with E-state index in [2.05, 4.69) is 45.1 Å². The Labute approximate surface area is 119 Å². The van der Waals surface area contributed by atoms with Crippen LogP contribution in [0, 0.1) is 27.7 Å². The molecule has 2 aromatic heterocycles. The molecule has 0 amide bonds. The van der Waals surface area contributed by atoms with Crippen molar-refractivity contribution in [2.45, 2.75) is 53.6 Å². The Balaban J connectivity index is 2.12. The number of thiophene rings is 1. The summed E-state index contributed by atoms with van der Waals surface area (Å²) in [5.74, 6) is 2.00. The highest BCUT2D eigenvalue weighted by Crippen LogP contribution is 2.29. The molecule has 0 aromatic carbocycles. The number of nitrogens with one attached hydrogen (secondary N) is 1. The number of hydrogen-bond acceptors (Lipinski definition) is 3. The van der Waals surface area contributed by atoms with Crippen molar-refractivity contribution in [3.63, 3.8) is 0 Å². The molecule has 2 atom stereocenters. The van der Waals surface area contributed by atoms with Gasteiger partial charge in [0.15, 0.2) is 0 Å². The smallest absolute Gasteiger partial charge is 0.105 e. The predicted octanol–water partition coefficient (Wildman–Crippen LogP) is 4.99. The lowest BCUT2D eigenvalue weighted by Gasteiger charge is -2.20. The fourth-order valence-corrected chi connectivity index (χ4v) is 3.74. The van der Waals surface area contributed by atoms with Crippen LogP contribution in [0.1, 0.15) is 58.3 Å². The van der Waals surface area contributed by atoms with Gasteiger partial charge in [0.2, 0.25) is 0 Å². The van der Waals surface area contributed by atoms with Gasteiger partial charge in [-0.05, 0) is 59.2 Å². The molecule has 104 valence electrons. The Kier molecular flexibility index (Phi) is 4.16. The second kappa shape index (κ2) is 5.51. The molecule has 0 radical (unpaired) electrons. The summed E-state index contributed by atoms with van der Waals surface area (Å²) in [6, 6.07) is 5.07. The van der Waals surface area contributed by atoms with Crippen molar-refractivity contribution in [3.05, 3.63) is 44.5 Å². The minimum Gasteiger partial charge on any atom is -0.466 e. The Morgan fingerprint density at radius 2 is 1.63 bits per heavy atom. The summed E-state index contributed by atoms with van der Waals surface area (Å²) < 4.78 is 5.61. The number of furan rings is 1. The highest BCUT2D eigenvalue weighted by Gasteiger charge is 2.17. The maximum atomic E-state index is 5.61. The second-order valence-electron chi connectivity index (χ2n) is 5.35. The third-order valence-electron chi connectivity index (χ3n) is 3.59. The first-order chi connectivity index (χ1) is 8.88. The van der Waals surface area contributed by atoms with Gasteiger partial charge < -0.3 is 9.73 Å². The van der Waals surface area contributed by atoms with E-state index in [1.165, 1.54) is 20.9 Å². The summed E-state index contributed by atoms with van der Waals surface area (Å²) in [6.45, 7) is 12.8. The van der Waals surface area contributed by atoms with Crippen LogP contribution in [-0.2, 0) is 0 Å². The number of aryl methyl sites for hydroxylation is 4. The van der Waals surface area contributed by atoms with E-state index < -0.39 is 0 Å². The van der Waals surface area contributed by atoms with Gasteiger partial charge in [0.25, 0.3) is 0 Å². The molecular formula is C16H23NOS. The molecule has 0 saturated heterocycles. The third-order valence-corrected chi connectivity index (χ3v) is 4.57. The highest BCUT2D eigenvalue weighted by molar-refractivity contribution is 7.12. The highest BCUT2D eigenvalue weighted by atomic mass is 32.1. The zero-order chi connectivity index (χ0) is 14.2. The van der Waals surface area contributed by atoms with Crippen LogP contribution in [0.4, 0.5) is 0 Å². The molecule has 0 saturated carbocycles. The van der Waals surface area contributed by atoms with E-state index in [1.54, 1.807) is 0 Å². The van der Waals surface area contributed by atoms with E-state index in [0.717, 1.165) is 11.5 Å². The molecule has 2 nitrogen and oxygen atoms in total. The quantitative estimate of drug-likeness (QED) is 0.852. The van der Waals surface area contributed by atoms with E-state index in [0.29, 0.717) is 12.1 Å². The van der Waals surface area contributed by atoms with Gasteiger partial charge in [0.1, 0.15) is 11.5 Å². The van der Waals surface area contributed by atoms with E-state index in [9.17, 15) is 0 Å². The van der Waals surface area contributed by atoms with Gasteiger partial charge in [-0.2, -0.15) is 0 Å². The summed E-state index contributed by atoms with van der Waals surface area (Å²) in [6.07, 6.45) is 0. The Morgan fingerprint density at radius 3 is 2.11 bits per heavy atom. The summed E-state index contributed by atoms with van der Waals surface area (Å²) in [5, 5.41) is 3.67. The maximum absolute atomic E-state index is 5.61. The Hall–Kier alpha value is -1.06. The van der Waals surface area contributed by atoms with Crippen LogP contribution in [0.3, 0.4) is 0 Å². The standard InChI is InChI=1S/C16H23NOS/c1-9-7-15(13(5)18-9)11(3)17-12(4)16-8-10(2)19-14(16)6/h7-8,11-12,17H,1-6H3. The molecule has 3 heteroatoms. The van der Waals surface area contributed by atoms with Crippen LogP contribution in [0.15, 0.2) is 16.5 Å². The van der Waals surface area contributed by atoms with Crippen LogP contribution in [0.5, 0.6) is 0 Å². The van der Waals surface area contributed by atoms with Crippen LogP contribution in [-0.4, -0.2) is 0 Å². The van der Waals surface area contributed by atoms with Crippen molar-refractivity contribution in [2.24, 2.45) is 0 Å². The van der Waals surface area contributed by atoms with Crippen molar-refractivity contribution in [2.75, 3.05) is 0 Å². The van der Waals surface area contributed by atoms with Crippen LogP contribution in [0.2, 0.25) is 0 Å². The Bertz CT molecular complexity index is 517. The molecule has 19 heavy (non-hydrogen) atoms. The SMILES string of the molecule is Cc1cc(C(C)NC(C)c2cc(C)sc2C)c(C)o1. The van der Waals surface area contributed by atoms with Gasteiger partial charge in [-0.1, -0.05) is 0 Å². The summed E-state index contributed by atoms with van der Waals surface area (Å²) in [7, 11) is 0. The zero-order valence-electron chi connectivity index (χ0n) is 12.6. The normalized spacial score (nSPS) is 14.6. The van der Waals surface area contributed by atoms with Crippen molar-refractivity contribution in [3.8, 4) is 0 Å². The van der Waals surface area contributed by atoms with Gasteiger partial charge >= 0.3 is 0 Å². The number of rotatable bonds is 4. The molecule has 0 bridgehead atoms. The van der Waals surface area contributed by atoms with Crippen LogP contribution in [0.25, 0.3) is 0 Å². The van der Waals surface area contributed by atoms with Gasteiger partial charge in [-0.25, -0.2) is 0 Å². The fraction of sp³-hybridized carbons (Fsp3) is 0.500. The van der Waals surface area contributed by atoms with E-state index in [4.69, 9.17) is 4.42 Å². The molecule has 2 aromatic rings.